The van der Waals surface area contributed by atoms with Gasteiger partial charge in [0.1, 0.15) is 6.04 Å². The van der Waals surface area contributed by atoms with Gasteiger partial charge in [0, 0.05) is 11.7 Å². The molecule has 0 radical (unpaired) electrons. The fourth-order valence-electron chi connectivity index (χ4n) is 2.68. The van der Waals surface area contributed by atoms with E-state index < -0.39 is 30.8 Å². The quantitative estimate of drug-likeness (QED) is 0.779. The van der Waals surface area contributed by atoms with Crippen molar-refractivity contribution in [3.05, 3.63) is 0 Å². The van der Waals surface area contributed by atoms with Crippen molar-refractivity contribution >= 4 is 23.6 Å². The Morgan fingerprint density at radius 3 is 2.50 bits per heavy atom. The summed E-state index contributed by atoms with van der Waals surface area (Å²) in [7, 11) is 0. The van der Waals surface area contributed by atoms with Crippen LogP contribution in [0.1, 0.15) is 25.7 Å². The van der Waals surface area contributed by atoms with Crippen molar-refractivity contribution in [2.45, 2.75) is 44.1 Å². The van der Waals surface area contributed by atoms with Crippen LogP contribution in [0.2, 0.25) is 0 Å². The average molecular weight is 342 g/mol. The molecular weight excluding hydrogens is 324 g/mol. The van der Waals surface area contributed by atoms with E-state index >= 15 is 0 Å². The fourth-order valence-corrected chi connectivity index (χ4v) is 3.85. The van der Waals surface area contributed by atoms with E-state index in [2.05, 4.69) is 0 Å². The molecule has 2 rings (SSSR count). The first-order valence-electron chi connectivity index (χ1n) is 7.15. The van der Waals surface area contributed by atoms with Crippen molar-refractivity contribution in [2.24, 2.45) is 5.92 Å². The number of carbonyl (C=O) groups excluding carboxylic acids is 2. The van der Waals surface area contributed by atoms with Crippen molar-refractivity contribution in [3.63, 3.8) is 0 Å². The Labute approximate surface area is 130 Å². The van der Waals surface area contributed by atoms with Crippen molar-refractivity contribution in [3.8, 4) is 0 Å². The zero-order chi connectivity index (χ0) is 16.3. The van der Waals surface area contributed by atoms with E-state index in [0.717, 1.165) is 25.7 Å². The number of nitrogens with one attached hydrogen (secondary N) is 1. The third-order valence-corrected chi connectivity index (χ3v) is 5.00. The van der Waals surface area contributed by atoms with Gasteiger partial charge in [0.05, 0.1) is 12.4 Å². The number of nitrogens with zero attached hydrogens (tertiary/aromatic N) is 1. The van der Waals surface area contributed by atoms with Crippen LogP contribution in [0.15, 0.2) is 0 Å². The lowest BCUT2D eigenvalue weighted by Gasteiger charge is -2.26. The highest BCUT2D eigenvalue weighted by molar-refractivity contribution is 7.99. The molecule has 4 nitrogen and oxygen atoms in total. The Morgan fingerprint density at radius 2 is 1.91 bits per heavy atom. The molecule has 0 spiro atoms. The molecule has 1 N–H and O–H groups in total. The standard InChI is InChI=1S/C13H18F4N2O2S/c14-12(15)13(16,17)6-18-10(20)9-5-22-7-19(9)11(21)8-3-1-2-4-8/h8-9,12H,1-7H2,(H,18,20)/t9-/m0/s1. The molecule has 0 unspecified atom stereocenters. The van der Waals surface area contributed by atoms with Gasteiger partial charge in [-0.1, -0.05) is 12.8 Å². The number of halogens is 4. The van der Waals surface area contributed by atoms with Crippen LogP contribution in [0.5, 0.6) is 0 Å². The first kappa shape index (κ1) is 17.4. The number of hydrogen-bond acceptors (Lipinski definition) is 3. The molecule has 1 saturated carbocycles. The van der Waals surface area contributed by atoms with E-state index in [0.29, 0.717) is 11.6 Å². The Balaban J connectivity index is 1.92. The minimum absolute atomic E-state index is 0.114. The molecule has 1 aliphatic heterocycles. The first-order chi connectivity index (χ1) is 10.3. The van der Waals surface area contributed by atoms with Crippen LogP contribution in [0.3, 0.4) is 0 Å². The molecule has 1 atom stereocenters. The van der Waals surface area contributed by atoms with Gasteiger partial charge in [-0.25, -0.2) is 8.78 Å². The summed E-state index contributed by atoms with van der Waals surface area (Å²) < 4.78 is 49.8. The first-order valence-corrected chi connectivity index (χ1v) is 8.30. The SMILES string of the molecule is O=C(NCC(F)(F)C(F)F)[C@@H]1CSCN1C(=O)C1CCCC1. The lowest BCUT2D eigenvalue weighted by atomic mass is 10.1. The molecule has 2 amide bonds. The molecule has 9 heteroatoms. The predicted octanol–water partition coefficient (Wildman–Crippen LogP) is 2.09. The largest absolute Gasteiger partial charge is 0.348 e. The highest BCUT2D eigenvalue weighted by atomic mass is 32.2. The van der Waals surface area contributed by atoms with Gasteiger partial charge < -0.3 is 10.2 Å². The minimum Gasteiger partial charge on any atom is -0.348 e. The summed E-state index contributed by atoms with van der Waals surface area (Å²) in [5.74, 6) is -4.68. The van der Waals surface area contributed by atoms with Gasteiger partial charge in [0.15, 0.2) is 0 Å². The van der Waals surface area contributed by atoms with Crippen LogP contribution in [-0.4, -0.2) is 53.3 Å². The van der Waals surface area contributed by atoms with E-state index in [1.165, 1.54) is 16.7 Å². The van der Waals surface area contributed by atoms with Crippen molar-refractivity contribution in [1.29, 1.82) is 0 Å². The zero-order valence-corrected chi connectivity index (χ0v) is 12.7. The Bertz CT molecular complexity index is 430. The Hall–Kier alpha value is -0.990. The molecule has 0 bridgehead atoms. The van der Waals surface area contributed by atoms with Crippen LogP contribution in [0.25, 0.3) is 0 Å². The highest BCUT2D eigenvalue weighted by Gasteiger charge is 2.43. The number of thioether (sulfide) groups is 1. The molecule has 0 aromatic rings. The fraction of sp³-hybridized carbons (Fsp3) is 0.846. The average Bonchev–Trinajstić information content (AvgIpc) is 3.14. The molecule has 0 aromatic heterocycles. The summed E-state index contributed by atoms with van der Waals surface area (Å²) in [5.41, 5.74) is 0. The van der Waals surface area contributed by atoms with Crippen LogP contribution in [0, 0.1) is 5.92 Å². The van der Waals surface area contributed by atoms with Crippen molar-refractivity contribution in [2.75, 3.05) is 18.2 Å². The molecule has 0 aromatic carbocycles. The van der Waals surface area contributed by atoms with Gasteiger partial charge >= 0.3 is 12.3 Å². The minimum atomic E-state index is -4.26. The second kappa shape index (κ2) is 7.06. The van der Waals surface area contributed by atoms with Crippen molar-refractivity contribution in [1.82, 2.24) is 10.2 Å². The number of carbonyl (C=O) groups is 2. The summed E-state index contributed by atoms with van der Waals surface area (Å²) in [6.45, 7) is -1.42. The predicted molar refractivity (Wildman–Crippen MR) is 73.9 cm³/mol. The summed E-state index contributed by atoms with van der Waals surface area (Å²) in [5, 5.41) is 1.85. The molecule has 1 heterocycles. The number of alkyl halides is 4. The second-order valence-corrected chi connectivity index (χ2v) is 6.58. The zero-order valence-electron chi connectivity index (χ0n) is 11.9. The Morgan fingerprint density at radius 1 is 1.27 bits per heavy atom. The van der Waals surface area contributed by atoms with E-state index in [1.807, 2.05) is 5.32 Å². The van der Waals surface area contributed by atoms with Crippen LogP contribution in [0.4, 0.5) is 17.6 Å². The molecule has 2 aliphatic rings. The van der Waals surface area contributed by atoms with E-state index in [1.54, 1.807) is 0 Å². The van der Waals surface area contributed by atoms with E-state index in [9.17, 15) is 27.2 Å². The van der Waals surface area contributed by atoms with E-state index in [-0.39, 0.29) is 11.8 Å². The maximum atomic E-state index is 12.8. The lowest BCUT2D eigenvalue weighted by molar-refractivity contribution is -0.145. The molecule has 2 fully saturated rings. The van der Waals surface area contributed by atoms with E-state index in [4.69, 9.17) is 0 Å². The van der Waals surface area contributed by atoms with Crippen molar-refractivity contribution < 1.29 is 27.2 Å². The molecule has 126 valence electrons. The molecule has 1 aliphatic carbocycles. The van der Waals surface area contributed by atoms with Crippen LogP contribution < -0.4 is 5.32 Å². The topological polar surface area (TPSA) is 49.4 Å². The smallest absolute Gasteiger partial charge is 0.324 e. The number of amides is 2. The third-order valence-electron chi connectivity index (χ3n) is 3.99. The van der Waals surface area contributed by atoms with Gasteiger partial charge in [0.2, 0.25) is 11.8 Å². The maximum absolute atomic E-state index is 12.8. The Kier molecular flexibility index (Phi) is 5.57. The number of hydrogen-bond donors (Lipinski definition) is 1. The van der Waals surface area contributed by atoms with Gasteiger partial charge in [0.25, 0.3) is 0 Å². The monoisotopic (exact) mass is 342 g/mol. The van der Waals surface area contributed by atoms with Crippen LogP contribution in [-0.2, 0) is 9.59 Å². The van der Waals surface area contributed by atoms with Gasteiger partial charge in [-0.2, -0.15) is 8.78 Å². The third kappa shape index (κ3) is 3.85. The van der Waals surface area contributed by atoms with Gasteiger partial charge in [-0.05, 0) is 12.8 Å². The summed E-state index contributed by atoms with van der Waals surface area (Å²) in [4.78, 5) is 25.7. The van der Waals surface area contributed by atoms with Crippen LogP contribution >= 0.6 is 11.8 Å². The normalized spacial score (nSPS) is 23.3. The summed E-state index contributed by atoms with van der Waals surface area (Å²) >= 11 is 1.35. The maximum Gasteiger partial charge on any atom is 0.324 e. The molecular formula is C13H18F4N2O2S. The molecule has 22 heavy (non-hydrogen) atoms. The number of rotatable bonds is 5. The highest BCUT2D eigenvalue weighted by Crippen LogP contribution is 2.31. The second-order valence-electron chi connectivity index (χ2n) is 5.58. The summed E-state index contributed by atoms with van der Waals surface area (Å²) in [6, 6.07) is -0.855. The van der Waals surface area contributed by atoms with Gasteiger partial charge in [-0.15, -0.1) is 11.8 Å². The lowest BCUT2D eigenvalue weighted by Crippen LogP contribution is -2.51. The summed E-state index contributed by atoms with van der Waals surface area (Å²) in [6.07, 6.45) is -0.346. The molecule has 1 saturated heterocycles. The van der Waals surface area contributed by atoms with Gasteiger partial charge in [-0.3, -0.25) is 9.59 Å².